The van der Waals surface area contributed by atoms with E-state index in [9.17, 15) is 14.4 Å². The van der Waals surface area contributed by atoms with Crippen LogP contribution in [-0.4, -0.2) is 30.4 Å². The van der Waals surface area contributed by atoms with Crippen LogP contribution in [0.2, 0.25) is 0 Å². The zero-order chi connectivity index (χ0) is 14.1. The topological polar surface area (TPSA) is 98.5 Å². The molecule has 0 saturated heterocycles. The van der Waals surface area contributed by atoms with E-state index in [2.05, 4.69) is 16.6 Å². The van der Waals surface area contributed by atoms with Gasteiger partial charge in [-0.05, 0) is 20.3 Å². The van der Waals surface area contributed by atoms with Crippen molar-refractivity contribution in [3.8, 4) is 0 Å². The van der Waals surface area contributed by atoms with E-state index >= 15 is 0 Å². The van der Waals surface area contributed by atoms with Gasteiger partial charge in [0.05, 0.1) is 13.0 Å². The molecule has 0 aromatic carbocycles. The maximum Gasteiger partial charge on any atom is 0.306 e. The fraction of sp³-hybridized carbons (Fsp3) is 0.583. The van der Waals surface area contributed by atoms with Gasteiger partial charge in [0.2, 0.25) is 11.8 Å². The summed E-state index contributed by atoms with van der Waals surface area (Å²) >= 11 is 0. The van der Waals surface area contributed by atoms with Gasteiger partial charge in [0, 0.05) is 6.42 Å². The number of amides is 2. The summed E-state index contributed by atoms with van der Waals surface area (Å²) in [5.41, 5.74) is 5.89. The molecule has 0 saturated carbocycles. The third-order valence-electron chi connectivity index (χ3n) is 2.09. The zero-order valence-corrected chi connectivity index (χ0v) is 10.8. The number of rotatable bonds is 8. The van der Waals surface area contributed by atoms with E-state index in [1.54, 1.807) is 13.8 Å². The van der Waals surface area contributed by atoms with Crippen LogP contribution in [0.15, 0.2) is 12.2 Å². The van der Waals surface area contributed by atoms with E-state index in [0.29, 0.717) is 6.42 Å². The normalized spacial score (nSPS) is 11.4. The highest BCUT2D eigenvalue weighted by atomic mass is 16.5. The Labute approximate surface area is 107 Å². The van der Waals surface area contributed by atoms with E-state index in [1.807, 2.05) is 0 Å². The summed E-state index contributed by atoms with van der Waals surface area (Å²) in [5.74, 6) is -1.47. The van der Waals surface area contributed by atoms with Gasteiger partial charge in [0.1, 0.15) is 6.04 Å². The second-order valence-electron chi connectivity index (χ2n) is 3.99. The van der Waals surface area contributed by atoms with Crippen LogP contribution in [-0.2, 0) is 19.1 Å². The van der Waals surface area contributed by atoms with Crippen molar-refractivity contribution in [3.05, 3.63) is 12.2 Å². The number of nitrogens with one attached hydrogen (secondary N) is 1. The highest BCUT2D eigenvalue weighted by Gasteiger charge is 2.18. The molecule has 102 valence electrons. The fourth-order valence-corrected chi connectivity index (χ4v) is 1.29. The Kier molecular flexibility index (Phi) is 7.42. The second-order valence-corrected chi connectivity index (χ2v) is 3.99. The van der Waals surface area contributed by atoms with Crippen molar-refractivity contribution in [2.24, 2.45) is 5.73 Å². The maximum absolute atomic E-state index is 11.5. The van der Waals surface area contributed by atoms with Crippen molar-refractivity contribution in [1.82, 2.24) is 5.32 Å². The van der Waals surface area contributed by atoms with Crippen LogP contribution in [0.5, 0.6) is 0 Å². The van der Waals surface area contributed by atoms with Crippen LogP contribution in [0.1, 0.15) is 33.1 Å². The molecular formula is C12H20N2O4. The number of esters is 1. The van der Waals surface area contributed by atoms with Crippen molar-refractivity contribution in [2.75, 3.05) is 6.61 Å². The van der Waals surface area contributed by atoms with Gasteiger partial charge in [-0.1, -0.05) is 5.57 Å². The first-order chi connectivity index (χ1) is 8.36. The average molecular weight is 256 g/mol. The summed E-state index contributed by atoms with van der Waals surface area (Å²) in [4.78, 5) is 33.6. The standard InChI is InChI=1S/C12H20N2O4/c1-4-18-11(16)6-5-10(15)14-9(12(13)17)7-8(2)3/h9H,2,4-7H2,1,3H3,(H2,13,17)(H,14,15)/t9-/m1/s1. The van der Waals surface area contributed by atoms with Crippen molar-refractivity contribution in [1.29, 1.82) is 0 Å². The largest absolute Gasteiger partial charge is 0.466 e. The van der Waals surface area contributed by atoms with Crippen LogP contribution in [0, 0.1) is 0 Å². The highest BCUT2D eigenvalue weighted by Crippen LogP contribution is 2.02. The smallest absolute Gasteiger partial charge is 0.306 e. The Bertz CT molecular complexity index is 339. The Balaban J connectivity index is 4.14. The first-order valence-corrected chi connectivity index (χ1v) is 5.75. The molecule has 0 aromatic rings. The predicted molar refractivity (Wildman–Crippen MR) is 66.4 cm³/mol. The first kappa shape index (κ1) is 16.1. The molecule has 3 N–H and O–H groups in total. The Morgan fingerprint density at radius 1 is 1.33 bits per heavy atom. The minimum Gasteiger partial charge on any atom is -0.466 e. The van der Waals surface area contributed by atoms with Gasteiger partial charge in [-0.15, -0.1) is 6.58 Å². The lowest BCUT2D eigenvalue weighted by atomic mass is 10.1. The minimum absolute atomic E-state index is 0.0156. The van der Waals surface area contributed by atoms with E-state index in [4.69, 9.17) is 5.73 Å². The van der Waals surface area contributed by atoms with Gasteiger partial charge in [0.25, 0.3) is 0 Å². The second kappa shape index (κ2) is 8.27. The highest BCUT2D eigenvalue weighted by molar-refractivity contribution is 5.88. The molecule has 0 heterocycles. The Hall–Kier alpha value is -1.85. The van der Waals surface area contributed by atoms with Crippen LogP contribution < -0.4 is 11.1 Å². The molecular weight excluding hydrogens is 236 g/mol. The SMILES string of the molecule is C=C(C)C[C@@H](NC(=O)CCC(=O)OCC)C(N)=O. The summed E-state index contributed by atoms with van der Waals surface area (Å²) in [6.07, 6.45) is 0.248. The number of carbonyl (C=O) groups excluding carboxylic acids is 3. The van der Waals surface area contributed by atoms with Gasteiger partial charge >= 0.3 is 5.97 Å². The van der Waals surface area contributed by atoms with Gasteiger partial charge in [-0.25, -0.2) is 0 Å². The summed E-state index contributed by atoms with van der Waals surface area (Å²) < 4.78 is 4.68. The van der Waals surface area contributed by atoms with E-state index in [-0.39, 0.29) is 19.4 Å². The van der Waals surface area contributed by atoms with Crippen LogP contribution in [0.4, 0.5) is 0 Å². The molecule has 0 radical (unpaired) electrons. The number of hydrogen-bond acceptors (Lipinski definition) is 4. The quantitative estimate of drug-likeness (QED) is 0.481. The van der Waals surface area contributed by atoms with E-state index in [1.165, 1.54) is 0 Å². The number of nitrogens with two attached hydrogens (primary N) is 1. The van der Waals surface area contributed by atoms with Crippen LogP contribution in [0.3, 0.4) is 0 Å². The summed E-state index contributed by atoms with van der Waals surface area (Å²) in [6, 6.07) is -0.780. The molecule has 0 bridgehead atoms. The third-order valence-corrected chi connectivity index (χ3v) is 2.09. The van der Waals surface area contributed by atoms with E-state index in [0.717, 1.165) is 5.57 Å². The number of ether oxygens (including phenoxy) is 1. The predicted octanol–water partition coefficient (Wildman–Crippen LogP) is 0.266. The summed E-state index contributed by atoms with van der Waals surface area (Å²) in [5, 5.41) is 2.46. The molecule has 0 aromatic heterocycles. The maximum atomic E-state index is 11.5. The van der Waals surface area contributed by atoms with Crippen molar-refractivity contribution in [3.63, 3.8) is 0 Å². The van der Waals surface area contributed by atoms with Crippen molar-refractivity contribution >= 4 is 17.8 Å². The summed E-state index contributed by atoms with van der Waals surface area (Å²) in [6.45, 7) is 7.35. The molecule has 0 aliphatic heterocycles. The Morgan fingerprint density at radius 3 is 2.39 bits per heavy atom. The van der Waals surface area contributed by atoms with Gasteiger partial charge in [0.15, 0.2) is 0 Å². The molecule has 1 atom stereocenters. The van der Waals surface area contributed by atoms with Crippen molar-refractivity contribution in [2.45, 2.75) is 39.2 Å². The first-order valence-electron chi connectivity index (χ1n) is 5.75. The van der Waals surface area contributed by atoms with Gasteiger partial charge in [-0.2, -0.15) is 0 Å². The number of carbonyl (C=O) groups is 3. The zero-order valence-electron chi connectivity index (χ0n) is 10.8. The molecule has 0 aliphatic rings. The molecule has 6 nitrogen and oxygen atoms in total. The third kappa shape index (κ3) is 7.43. The molecule has 6 heteroatoms. The minimum atomic E-state index is -0.780. The van der Waals surface area contributed by atoms with Gasteiger partial charge < -0.3 is 15.8 Å². The molecule has 18 heavy (non-hydrogen) atoms. The lowest BCUT2D eigenvalue weighted by Crippen LogP contribution is -2.44. The number of hydrogen-bond donors (Lipinski definition) is 2. The fourth-order valence-electron chi connectivity index (χ4n) is 1.29. The molecule has 0 rings (SSSR count). The lowest BCUT2D eigenvalue weighted by Gasteiger charge is -2.15. The average Bonchev–Trinajstić information content (AvgIpc) is 2.25. The molecule has 0 unspecified atom stereocenters. The molecule has 0 spiro atoms. The summed E-state index contributed by atoms with van der Waals surface area (Å²) in [7, 11) is 0. The van der Waals surface area contributed by atoms with E-state index < -0.39 is 23.8 Å². The molecule has 0 aliphatic carbocycles. The lowest BCUT2D eigenvalue weighted by molar-refractivity contribution is -0.144. The van der Waals surface area contributed by atoms with Crippen LogP contribution >= 0.6 is 0 Å². The monoisotopic (exact) mass is 256 g/mol. The Morgan fingerprint density at radius 2 is 1.94 bits per heavy atom. The molecule has 0 fully saturated rings. The number of primary amides is 1. The molecule has 2 amide bonds. The van der Waals surface area contributed by atoms with Crippen LogP contribution in [0.25, 0.3) is 0 Å². The van der Waals surface area contributed by atoms with Crippen molar-refractivity contribution < 1.29 is 19.1 Å². The van der Waals surface area contributed by atoms with Gasteiger partial charge in [-0.3, -0.25) is 14.4 Å².